The number of nitrogens with two attached hydrogens (primary N) is 1. The van der Waals surface area contributed by atoms with Crippen LogP contribution in [-0.4, -0.2) is 20.5 Å². The third kappa shape index (κ3) is 5.13. The molecule has 0 bridgehead atoms. The van der Waals surface area contributed by atoms with Crippen LogP contribution >= 0.6 is 0 Å². The second kappa shape index (κ2) is 4.33. The fraction of sp³-hybridized carbons (Fsp3) is 1.00. The Labute approximate surface area is 90.3 Å². The maximum absolute atomic E-state index is 6.03. The molecule has 0 radical (unpaired) electrons. The van der Waals surface area contributed by atoms with Gasteiger partial charge in [-0.1, -0.05) is 20.8 Å². The van der Waals surface area contributed by atoms with E-state index in [0.717, 1.165) is 13.0 Å². The predicted octanol–water partition coefficient (Wildman–Crippen LogP) is 3.14. The first-order chi connectivity index (χ1) is 5.96. The Balaban J connectivity index is 4.02. The van der Waals surface area contributed by atoms with Crippen LogP contribution < -0.4 is 5.73 Å². The predicted molar refractivity (Wildman–Crippen MR) is 66.0 cm³/mol. The highest BCUT2D eigenvalue weighted by Crippen LogP contribution is 2.36. The molecule has 0 rings (SSSR count). The molecule has 0 aromatic carbocycles. The Kier molecular flexibility index (Phi) is 4.37. The molecule has 0 unspecified atom stereocenters. The Morgan fingerprint density at radius 1 is 1.07 bits per heavy atom. The van der Waals surface area contributed by atoms with Crippen LogP contribution in [0.3, 0.4) is 0 Å². The summed E-state index contributed by atoms with van der Waals surface area (Å²) in [5, 5.41) is 0.297. The highest BCUT2D eigenvalue weighted by molar-refractivity contribution is 6.74. The smallest absolute Gasteiger partial charge is 0.191 e. The summed E-state index contributed by atoms with van der Waals surface area (Å²) >= 11 is 0. The standard InChI is InChI=1S/C11H27NOSi/c1-10(2,3)14(6,7)13-9-8-11(4,5)12/h8-9,12H2,1-7H3. The average Bonchev–Trinajstić information content (AvgIpc) is 1.80. The van der Waals surface area contributed by atoms with Crippen molar-refractivity contribution in [2.24, 2.45) is 5.73 Å². The number of rotatable bonds is 4. The zero-order valence-electron chi connectivity index (χ0n) is 10.9. The topological polar surface area (TPSA) is 35.2 Å². The molecule has 0 aliphatic rings. The van der Waals surface area contributed by atoms with E-state index in [1.165, 1.54) is 0 Å². The van der Waals surface area contributed by atoms with Crippen molar-refractivity contribution >= 4 is 8.32 Å². The van der Waals surface area contributed by atoms with Gasteiger partial charge < -0.3 is 10.2 Å². The van der Waals surface area contributed by atoms with Crippen LogP contribution in [-0.2, 0) is 4.43 Å². The Morgan fingerprint density at radius 2 is 1.50 bits per heavy atom. The highest BCUT2D eigenvalue weighted by Gasteiger charge is 2.37. The van der Waals surface area contributed by atoms with Gasteiger partial charge in [0.2, 0.25) is 0 Å². The van der Waals surface area contributed by atoms with E-state index in [-0.39, 0.29) is 5.54 Å². The largest absolute Gasteiger partial charge is 0.417 e. The monoisotopic (exact) mass is 217 g/mol. The molecule has 14 heavy (non-hydrogen) atoms. The van der Waals surface area contributed by atoms with Crippen molar-refractivity contribution in [3.05, 3.63) is 0 Å². The summed E-state index contributed by atoms with van der Waals surface area (Å²) in [7, 11) is -1.56. The molecular weight excluding hydrogens is 190 g/mol. The third-order valence-corrected chi connectivity index (χ3v) is 7.55. The van der Waals surface area contributed by atoms with Gasteiger partial charge >= 0.3 is 0 Å². The highest BCUT2D eigenvalue weighted by atomic mass is 28.4. The lowest BCUT2D eigenvalue weighted by atomic mass is 10.0. The Bertz CT molecular complexity index is 177. The maximum Gasteiger partial charge on any atom is 0.191 e. The first-order valence-corrected chi connectivity index (χ1v) is 8.29. The van der Waals surface area contributed by atoms with Crippen molar-refractivity contribution < 1.29 is 4.43 Å². The fourth-order valence-electron chi connectivity index (χ4n) is 0.786. The van der Waals surface area contributed by atoms with Crippen LogP contribution in [0.2, 0.25) is 18.1 Å². The van der Waals surface area contributed by atoms with Crippen molar-refractivity contribution in [3.8, 4) is 0 Å². The molecule has 0 aliphatic heterocycles. The first kappa shape index (κ1) is 14.1. The first-order valence-electron chi connectivity index (χ1n) is 5.39. The summed E-state index contributed by atoms with van der Waals surface area (Å²) < 4.78 is 6.03. The molecule has 2 N–H and O–H groups in total. The third-order valence-electron chi connectivity index (χ3n) is 3.02. The van der Waals surface area contributed by atoms with Gasteiger partial charge in [0.1, 0.15) is 0 Å². The van der Waals surface area contributed by atoms with Gasteiger partial charge in [-0.2, -0.15) is 0 Å². The molecule has 0 heterocycles. The fourth-order valence-corrected chi connectivity index (χ4v) is 1.83. The van der Waals surface area contributed by atoms with E-state index < -0.39 is 8.32 Å². The van der Waals surface area contributed by atoms with E-state index in [2.05, 4.69) is 33.9 Å². The minimum Gasteiger partial charge on any atom is -0.417 e. The van der Waals surface area contributed by atoms with Gasteiger partial charge in [0.25, 0.3) is 0 Å². The summed E-state index contributed by atoms with van der Waals surface area (Å²) in [5.41, 5.74) is 5.80. The summed E-state index contributed by atoms with van der Waals surface area (Å²) in [6.07, 6.45) is 0.930. The molecule has 0 aliphatic carbocycles. The summed E-state index contributed by atoms with van der Waals surface area (Å²) in [6.45, 7) is 16.2. The molecule has 0 aromatic heterocycles. The Morgan fingerprint density at radius 3 is 1.79 bits per heavy atom. The molecule has 0 saturated carbocycles. The van der Waals surface area contributed by atoms with Gasteiger partial charge in [0, 0.05) is 12.1 Å². The lowest BCUT2D eigenvalue weighted by molar-refractivity contribution is 0.252. The molecule has 0 spiro atoms. The lowest BCUT2D eigenvalue weighted by Crippen LogP contribution is -2.42. The van der Waals surface area contributed by atoms with Crippen molar-refractivity contribution in [3.63, 3.8) is 0 Å². The summed E-state index contributed by atoms with van der Waals surface area (Å²) in [5.74, 6) is 0. The van der Waals surface area contributed by atoms with E-state index in [1.54, 1.807) is 0 Å². The number of hydrogen-bond donors (Lipinski definition) is 1. The Hall–Kier alpha value is 0.137. The molecule has 0 amide bonds. The van der Waals surface area contributed by atoms with Gasteiger partial charge in [-0.3, -0.25) is 0 Å². The van der Waals surface area contributed by atoms with Gasteiger partial charge in [-0.05, 0) is 38.4 Å². The molecule has 0 saturated heterocycles. The maximum atomic E-state index is 6.03. The summed E-state index contributed by atoms with van der Waals surface area (Å²) in [6, 6.07) is 0. The van der Waals surface area contributed by atoms with Crippen LogP contribution in [0.1, 0.15) is 41.0 Å². The SMILES string of the molecule is CC(C)(N)CCO[Si](C)(C)C(C)(C)C. The minimum absolute atomic E-state index is 0.109. The lowest BCUT2D eigenvalue weighted by Gasteiger charge is -2.36. The zero-order chi connectivity index (χ0) is 11.6. The second-order valence-electron chi connectivity index (χ2n) is 6.35. The molecular formula is C11H27NOSi. The molecule has 0 aromatic rings. The second-order valence-corrected chi connectivity index (χ2v) is 11.2. The van der Waals surface area contributed by atoms with Crippen molar-refractivity contribution in [2.45, 2.75) is 64.7 Å². The molecule has 0 fully saturated rings. The van der Waals surface area contributed by atoms with E-state index in [9.17, 15) is 0 Å². The van der Waals surface area contributed by atoms with Gasteiger partial charge in [0.05, 0.1) is 0 Å². The van der Waals surface area contributed by atoms with E-state index in [4.69, 9.17) is 10.2 Å². The zero-order valence-corrected chi connectivity index (χ0v) is 11.9. The minimum atomic E-state index is -1.56. The van der Waals surface area contributed by atoms with Gasteiger partial charge in [0.15, 0.2) is 8.32 Å². The normalized spacial score (nSPS) is 14.6. The van der Waals surface area contributed by atoms with E-state index in [0.29, 0.717) is 5.04 Å². The van der Waals surface area contributed by atoms with Crippen LogP contribution in [0, 0.1) is 0 Å². The van der Waals surface area contributed by atoms with E-state index >= 15 is 0 Å². The van der Waals surface area contributed by atoms with Crippen LogP contribution in [0.5, 0.6) is 0 Å². The van der Waals surface area contributed by atoms with Crippen LogP contribution in [0.25, 0.3) is 0 Å². The van der Waals surface area contributed by atoms with Crippen LogP contribution in [0.15, 0.2) is 0 Å². The van der Waals surface area contributed by atoms with Crippen molar-refractivity contribution in [2.75, 3.05) is 6.61 Å². The van der Waals surface area contributed by atoms with Crippen LogP contribution in [0.4, 0.5) is 0 Å². The average molecular weight is 217 g/mol. The van der Waals surface area contributed by atoms with Gasteiger partial charge in [-0.25, -0.2) is 0 Å². The summed E-state index contributed by atoms with van der Waals surface area (Å²) in [4.78, 5) is 0. The quantitative estimate of drug-likeness (QED) is 0.734. The molecule has 86 valence electrons. The molecule has 3 heteroatoms. The van der Waals surface area contributed by atoms with Gasteiger partial charge in [-0.15, -0.1) is 0 Å². The molecule has 2 nitrogen and oxygen atoms in total. The van der Waals surface area contributed by atoms with Crippen molar-refractivity contribution in [1.29, 1.82) is 0 Å². The van der Waals surface area contributed by atoms with Crippen molar-refractivity contribution in [1.82, 2.24) is 0 Å². The van der Waals surface area contributed by atoms with E-state index in [1.807, 2.05) is 13.8 Å². The number of hydrogen-bond acceptors (Lipinski definition) is 2. The molecule has 0 atom stereocenters.